The lowest BCUT2D eigenvalue weighted by atomic mass is 9.91. The minimum atomic E-state index is 0.00592. The summed E-state index contributed by atoms with van der Waals surface area (Å²) >= 11 is 1.47. The highest BCUT2D eigenvalue weighted by atomic mass is 32.1. The van der Waals surface area contributed by atoms with Crippen LogP contribution in [0.4, 0.5) is 5.82 Å². The summed E-state index contributed by atoms with van der Waals surface area (Å²) in [5.41, 5.74) is 7.24. The number of carbonyl (C=O) groups is 1. The highest BCUT2D eigenvalue weighted by Gasteiger charge is 2.27. The molecule has 1 aliphatic rings. The molecule has 4 rings (SSSR count). The van der Waals surface area contributed by atoms with Gasteiger partial charge in [-0.05, 0) is 30.4 Å². The zero-order chi connectivity index (χ0) is 17.6. The summed E-state index contributed by atoms with van der Waals surface area (Å²) in [5, 5.41) is 7.00. The molecule has 3 aromatic rings. The Balaban J connectivity index is 1.69. The second kappa shape index (κ2) is 6.11. The van der Waals surface area contributed by atoms with Crippen molar-refractivity contribution in [3.63, 3.8) is 0 Å². The third-order valence-electron chi connectivity index (χ3n) is 4.49. The van der Waals surface area contributed by atoms with Crippen molar-refractivity contribution in [1.29, 1.82) is 0 Å². The van der Waals surface area contributed by atoms with Crippen LogP contribution in [-0.2, 0) is 0 Å². The normalized spacial score (nSPS) is 21.0. The van der Waals surface area contributed by atoms with Crippen LogP contribution in [0, 0.1) is 11.8 Å². The standard InChI is InChI=1S/C17H20N6OS/c1-10-5-11(2)9-22(8-10)17(24)12-6-13(18)23-14(7-12)20-15(21-23)16-19-3-4-25-16/h3-4,6-7,10-11H,5,8-9,18H2,1-2H3. The number of pyridine rings is 1. The van der Waals surface area contributed by atoms with Crippen molar-refractivity contribution in [2.75, 3.05) is 18.8 Å². The number of carbonyl (C=O) groups excluding carboxylic acids is 1. The minimum Gasteiger partial charge on any atom is -0.384 e. The van der Waals surface area contributed by atoms with Crippen molar-refractivity contribution >= 4 is 28.7 Å². The van der Waals surface area contributed by atoms with E-state index in [4.69, 9.17) is 5.73 Å². The molecule has 2 atom stereocenters. The van der Waals surface area contributed by atoms with E-state index in [1.54, 1.807) is 22.8 Å². The average Bonchev–Trinajstić information content (AvgIpc) is 3.22. The van der Waals surface area contributed by atoms with E-state index in [1.165, 1.54) is 11.3 Å². The van der Waals surface area contributed by atoms with Gasteiger partial charge in [0.25, 0.3) is 5.91 Å². The number of likely N-dealkylation sites (tertiary alicyclic amines) is 1. The molecule has 0 aromatic carbocycles. The summed E-state index contributed by atoms with van der Waals surface area (Å²) in [7, 11) is 0. The van der Waals surface area contributed by atoms with Gasteiger partial charge in [-0.2, -0.15) is 4.52 Å². The van der Waals surface area contributed by atoms with Crippen LogP contribution >= 0.6 is 11.3 Å². The van der Waals surface area contributed by atoms with Gasteiger partial charge < -0.3 is 10.6 Å². The minimum absolute atomic E-state index is 0.00592. The molecular formula is C17H20N6OS. The fourth-order valence-corrected chi connectivity index (χ4v) is 4.13. The molecule has 1 amide bonds. The van der Waals surface area contributed by atoms with Crippen LogP contribution in [0.25, 0.3) is 16.5 Å². The third-order valence-corrected chi connectivity index (χ3v) is 5.26. The molecule has 25 heavy (non-hydrogen) atoms. The first-order valence-corrected chi connectivity index (χ1v) is 9.24. The lowest BCUT2D eigenvalue weighted by Gasteiger charge is -2.35. The number of nitrogens with two attached hydrogens (primary N) is 1. The van der Waals surface area contributed by atoms with E-state index in [-0.39, 0.29) is 5.91 Å². The maximum atomic E-state index is 12.9. The second-order valence-corrected chi connectivity index (χ2v) is 7.76. The van der Waals surface area contributed by atoms with E-state index in [9.17, 15) is 4.79 Å². The number of aromatic nitrogens is 4. The predicted molar refractivity (Wildman–Crippen MR) is 97.4 cm³/mol. The summed E-state index contributed by atoms with van der Waals surface area (Å²) in [6.45, 7) is 5.94. The summed E-state index contributed by atoms with van der Waals surface area (Å²) < 4.78 is 1.55. The van der Waals surface area contributed by atoms with Gasteiger partial charge in [0, 0.05) is 30.2 Å². The van der Waals surface area contributed by atoms with Crippen molar-refractivity contribution < 1.29 is 4.79 Å². The van der Waals surface area contributed by atoms with Gasteiger partial charge in [-0.15, -0.1) is 16.4 Å². The fraction of sp³-hybridized carbons (Fsp3) is 0.412. The average molecular weight is 356 g/mol. The second-order valence-electron chi connectivity index (χ2n) is 6.87. The van der Waals surface area contributed by atoms with Crippen molar-refractivity contribution in [3.05, 3.63) is 29.3 Å². The first-order chi connectivity index (χ1) is 12.0. The van der Waals surface area contributed by atoms with Gasteiger partial charge in [0.05, 0.1) is 0 Å². The van der Waals surface area contributed by atoms with Crippen LogP contribution in [0.3, 0.4) is 0 Å². The number of rotatable bonds is 2. The van der Waals surface area contributed by atoms with E-state index in [0.717, 1.165) is 24.5 Å². The van der Waals surface area contributed by atoms with Gasteiger partial charge >= 0.3 is 0 Å². The smallest absolute Gasteiger partial charge is 0.254 e. The molecule has 1 saturated heterocycles. The zero-order valence-electron chi connectivity index (χ0n) is 14.2. The Morgan fingerprint density at radius 2 is 2.04 bits per heavy atom. The Labute approximate surface area is 149 Å². The van der Waals surface area contributed by atoms with Crippen LogP contribution in [-0.4, -0.2) is 43.5 Å². The molecule has 2 unspecified atom stereocenters. The molecular weight excluding hydrogens is 336 g/mol. The van der Waals surface area contributed by atoms with Crippen molar-refractivity contribution in [3.8, 4) is 10.8 Å². The van der Waals surface area contributed by atoms with Crippen LogP contribution in [0.2, 0.25) is 0 Å². The topological polar surface area (TPSA) is 89.4 Å². The van der Waals surface area contributed by atoms with Gasteiger partial charge in [-0.1, -0.05) is 13.8 Å². The largest absolute Gasteiger partial charge is 0.384 e. The number of amides is 1. The molecule has 0 bridgehead atoms. The van der Waals surface area contributed by atoms with E-state index >= 15 is 0 Å². The van der Waals surface area contributed by atoms with Crippen molar-refractivity contribution in [2.45, 2.75) is 20.3 Å². The molecule has 0 radical (unpaired) electrons. The number of anilines is 1. The lowest BCUT2D eigenvalue weighted by Crippen LogP contribution is -2.42. The Bertz CT molecular complexity index is 909. The van der Waals surface area contributed by atoms with Gasteiger partial charge in [0.1, 0.15) is 5.82 Å². The molecule has 4 heterocycles. The Morgan fingerprint density at radius 1 is 1.28 bits per heavy atom. The van der Waals surface area contributed by atoms with E-state index in [0.29, 0.717) is 34.7 Å². The van der Waals surface area contributed by atoms with Gasteiger partial charge in [-0.3, -0.25) is 4.79 Å². The number of hydrogen-bond acceptors (Lipinski definition) is 6. The molecule has 1 aliphatic heterocycles. The maximum absolute atomic E-state index is 12.9. The molecule has 0 saturated carbocycles. The molecule has 0 aliphatic carbocycles. The summed E-state index contributed by atoms with van der Waals surface area (Å²) in [4.78, 5) is 23.6. The van der Waals surface area contributed by atoms with E-state index in [1.807, 2.05) is 10.3 Å². The van der Waals surface area contributed by atoms with Crippen molar-refractivity contribution in [1.82, 2.24) is 24.5 Å². The number of thiazole rings is 1. The number of fused-ring (bicyclic) bond motifs is 1. The SMILES string of the molecule is CC1CC(C)CN(C(=O)c2cc(N)n3nc(-c4nccs4)nc3c2)C1. The van der Waals surface area contributed by atoms with Crippen molar-refractivity contribution in [2.24, 2.45) is 11.8 Å². The fourth-order valence-electron chi connectivity index (χ4n) is 3.57. The van der Waals surface area contributed by atoms with Crippen LogP contribution in [0.15, 0.2) is 23.7 Å². The Morgan fingerprint density at radius 3 is 2.72 bits per heavy atom. The maximum Gasteiger partial charge on any atom is 0.254 e. The van der Waals surface area contributed by atoms with Crippen LogP contribution < -0.4 is 5.73 Å². The number of piperidine rings is 1. The molecule has 3 aromatic heterocycles. The van der Waals surface area contributed by atoms with Gasteiger partial charge in [0.15, 0.2) is 10.7 Å². The zero-order valence-corrected chi connectivity index (χ0v) is 15.0. The molecule has 8 heteroatoms. The molecule has 7 nitrogen and oxygen atoms in total. The van der Waals surface area contributed by atoms with Crippen LogP contribution in [0.5, 0.6) is 0 Å². The Hall–Kier alpha value is -2.48. The highest BCUT2D eigenvalue weighted by Crippen LogP contribution is 2.25. The first kappa shape index (κ1) is 16.0. The Kier molecular flexibility index (Phi) is 3.91. The summed E-state index contributed by atoms with van der Waals surface area (Å²) in [6, 6.07) is 3.44. The number of hydrogen-bond donors (Lipinski definition) is 1. The van der Waals surface area contributed by atoms with Crippen LogP contribution in [0.1, 0.15) is 30.6 Å². The van der Waals surface area contributed by atoms with Gasteiger partial charge in [0.2, 0.25) is 5.82 Å². The predicted octanol–water partition coefficient (Wildman–Crippen LogP) is 2.55. The molecule has 130 valence electrons. The first-order valence-electron chi connectivity index (χ1n) is 8.36. The summed E-state index contributed by atoms with van der Waals surface area (Å²) in [6.07, 6.45) is 2.87. The number of nitrogen functional groups attached to an aromatic ring is 1. The lowest BCUT2D eigenvalue weighted by molar-refractivity contribution is 0.0623. The number of nitrogens with zero attached hydrogens (tertiary/aromatic N) is 5. The quantitative estimate of drug-likeness (QED) is 0.762. The molecule has 0 spiro atoms. The van der Waals surface area contributed by atoms with E-state index < -0.39 is 0 Å². The third kappa shape index (κ3) is 2.97. The van der Waals surface area contributed by atoms with E-state index in [2.05, 4.69) is 28.9 Å². The molecule has 2 N–H and O–H groups in total. The monoisotopic (exact) mass is 356 g/mol. The highest BCUT2D eigenvalue weighted by molar-refractivity contribution is 7.13. The molecule has 1 fully saturated rings. The summed E-state index contributed by atoms with van der Waals surface area (Å²) in [5.74, 6) is 1.95. The van der Waals surface area contributed by atoms with Gasteiger partial charge in [-0.25, -0.2) is 9.97 Å².